The molecule has 7 heteroatoms. The second-order valence-corrected chi connectivity index (χ2v) is 9.71. The second kappa shape index (κ2) is 9.12. The second-order valence-electron chi connectivity index (χ2n) is 9.71. The highest BCUT2D eigenvalue weighted by molar-refractivity contribution is 5.86. The summed E-state index contributed by atoms with van der Waals surface area (Å²) in [6.45, 7) is 2.04. The molecule has 34 heavy (non-hydrogen) atoms. The molecular weight excluding hydrogens is 432 g/mol. The van der Waals surface area contributed by atoms with Gasteiger partial charge in [-0.1, -0.05) is 55.5 Å². The van der Waals surface area contributed by atoms with Gasteiger partial charge in [0.1, 0.15) is 12.6 Å². The first-order valence-electron chi connectivity index (χ1n) is 12.1. The summed E-state index contributed by atoms with van der Waals surface area (Å²) >= 11 is 0. The molecule has 2 aromatic rings. The van der Waals surface area contributed by atoms with Crippen molar-refractivity contribution in [1.82, 2.24) is 10.6 Å². The molecule has 0 aliphatic heterocycles. The first kappa shape index (κ1) is 22.4. The van der Waals surface area contributed by atoms with Gasteiger partial charge in [-0.05, 0) is 59.8 Å². The summed E-state index contributed by atoms with van der Waals surface area (Å²) in [5.41, 5.74) is 4.59. The Hall–Kier alpha value is -3.35. The van der Waals surface area contributed by atoms with Gasteiger partial charge in [-0.2, -0.15) is 0 Å². The molecule has 3 aliphatic rings. The van der Waals surface area contributed by atoms with Crippen molar-refractivity contribution in [3.63, 3.8) is 0 Å². The zero-order valence-electron chi connectivity index (χ0n) is 19.2. The Labute approximate surface area is 198 Å². The molecule has 7 nitrogen and oxygen atoms in total. The molecule has 5 rings (SSSR count). The van der Waals surface area contributed by atoms with E-state index in [1.165, 1.54) is 0 Å². The van der Waals surface area contributed by atoms with Crippen molar-refractivity contribution in [2.75, 3.05) is 6.61 Å². The number of fused-ring (bicyclic) bond motifs is 4. The van der Waals surface area contributed by atoms with E-state index < -0.39 is 18.1 Å². The molecule has 2 unspecified atom stereocenters. The van der Waals surface area contributed by atoms with Gasteiger partial charge in [0.2, 0.25) is 5.91 Å². The largest absolute Gasteiger partial charge is 0.481 e. The Morgan fingerprint density at radius 2 is 1.65 bits per heavy atom. The lowest BCUT2D eigenvalue weighted by atomic mass is 9.71. The van der Waals surface area contributed by atoms with Crippen molar-refractivity contribution in [3.8, 4) is 11.1 Å². The summed E-state index contributed by atoms with van der Waals surface area (Å²) in [5.74, 6) is -0.735. The number of ether oxygens (including phenoxy) is 1. The number of amides is 2. The Kier molecular flexibility index (Phi) is 6.02. The molecule has 2 fully saturated rings. The van der Waals surface area contributed by atoms with E-state index in [4.69, 9.17) is 4.74 Å². The van der Waals surface area contributed by atoms with E-state index in [-0.39, 0.29) is 36.3 Å². The van der Waals surface area contributed by atoms with Gasteiger partial charge in [0, 0.05) is 12.0 Å². The number of hydrogen-bond acceptors (Lipinski definition) is 4. The fraction of sp³-hybridized carbons (Fsp3) is 0.444. The lowest BCUT2D eigenvalue weighted by Gasteiger charge is -2.41. The van der Waals surface area contributed by atoms with Crippen LogP contribution in [0.3, 0.4) is 0 Å². The Morgan fingerprint density at radius 1 is 1.00 bits per heavy atom. The van der Waals surface area contributed by atoms with Crippen molar-refractivity contribution in [2.24, 2.45) is 17.8 Å². The summed E-state index contributed by atoms with van der Waals surface area (Å²) in [7, 11) is 0. The van der Waals surface area contributed by atoms with Crippen LogP contribution in [0.25, 0.3) is 11.1 Å². The van der Waals surface area contributed by atoms with Gasteiger partial charge in [0.15, 0.2) is 0 Å². The molecule has 0 radical (unpaired) electrons. The third-order valence-electron chi connectivity index (χ3n) is 7.86. The van der Waals surface area contributed by atoms with Crippen LogP contribution in [0.5, 0.6) is 0 Å². The average Bonchev–Trinajstić information content (AvgIpc) is 3.34. The zero-order valence-corrected chi connectivity index (χ0v) is 19.2. The molecule has 0 heterocycles. The highest BCUT2D eigenvalue weighted by atomic mass is 16.5. The van der Waals surface area contributed by atoms with Crippen molar-refractivity contribution >= 4 is 18.0 Å². The topological polar surface area (TPSA) is 105 Å². The van der Waals surface area contributed by atoms with E-state index >= 15 is 0 Å². The van der Waals surface area contributed by atoms with Gasteiger partial charge in [-0.15, -0.1) is 0 Å². The van der Waals surface area contributed by atoms with Crippen molar-refractivity contribution in [3.05, 3.63) is 59.7 Å². The van der Waals surface area contributed by atoms with Crippen LogP contribution in [0.2, 0.25) is 0 Å². The monoisotopic (exact) mass is 462 g/mol. The molecular formula is C27H30N2O5. The van der Waals surface area contributed by atoms with Gasteiger partial charge in [0.05, 0.1) is 5.92 Å². The maximum absolute atomic E-state index is 12.8. The van der Waals surface area contributed by atoms with Crippen LogP contribution < -0.4 is 10.6 Å². The number of nitrogens with one attached hydrogen (secondary N) is 2. The number of carbonyl (C=O) groups excluding carboxylic acids is 2. The van der Waals surface area contributed by atoms with Gasteiger partial charge >= 0.3 is 12.1 Å². The zero-order chi connectivity index (χ0) is 23.8. The predicted octanol–water partition coefficient (Wildman–Crippen LogP) is 3.92. The van der Waals surface area contributed by atoms with Crippen LogP contribution in [-0.4, -0.2) is 41.8 Å². The fourth-order valence-electron chi connectivity index (χ4n) is 6.01. The normalized spacial score (nSPS) is 25.3. The number of benzene rings is 2. The summed E-state index contributed by atoms with van der Waals surface area (Å²) in [6.07, 6.45) is 1.95. The molecule has 0 saturated heterocycles. The summed E-state index contributed by atoms with van der Waals surface area (Å²) in [6, 6.07) is 15.6. The molecule has 178 valence electrons. The Bertz CT molecular complexity index is 1070. The molecule has 0 aromatic heterocycles. The number of aliphatic carboxylic acids is 1. The highest BCUT2D eigenvalue weighted by Crippen LogP contribution is 2.49. The Morgan fingerprint density at radius 3 is 2.26 bits per heavy atom. The van der Waals surface area contributed by atoms with Crippen LogP contribution in [0.1, 0.15) is 49.7 Å². The van der Waals surface area contributed by atoms with Crippen LogP contribution in [0.15, 0.2) is 48.5 Å². The van der Waals surface area contributed by atoms with Crippen LogP contribution >= 0.6 is 0 Å². The SMILES string of the molecule is CCC(NC(=O)OCC1c2ccccc2-c2ccccc21)C(=O)N[C@H]1C[C@H]2CC(C(=O)O)C[C@H]21. The average molecular weight is 463 g/mol. The van der Waals surface area contributed by atoms with E-state index in [1.54, 1.807) is 0 Å². The van der Waals surface area contributed by atoms with Crippen LogP contribution in [-0.2, 0) is 14.3 Å². The first-order chi connectivity index (χ1) is 16.5. The molecule has 5 atom stereocenters. The van der Waals surface area contributed by atoms with Crippen LogP contribution in [0.4, 0.5) is 4.79 Å². The number of rotatable bonds is 7. The van der Waals surface area contributed by atoms with E-state index in [0.29, 0.717) is 25.2 Å². The predicted molar refractivity (Wildman–Crippen MR) is 126 cm³/mol. The van der Waals surface area contributed by atoms with E-state index in [1.807, 2.05) is 31.2 Å². The van der Waals surface area contributed by atoms with Gasteiger partial charge in [0.25, 0.3) is 0 Å². The standard InChI is InChI=1S/C27H30N2O5/c1-2-23(25(30)28-24-13-15-11-16(26(31)32)12-21(15)24)29-27(33)34-14-22-19-9-5-3-7-17(19)18-8-4-6-10-20(18)22/h3-10,15-16,21-24H,2,11-14H2,1H3,(H,28,30)(H,29,33)(H,31,32)/t15-,16?,21-,23?,24+/m1/s1. The molecule has 2 aromatic carbocycles. The maximum atomic E-state index is 12.8. The molecule has 3 aliphatic carbocycles. The van der Waals surface area contributed by atoms with E-state index in [2.05, 4.69) is 34.9 Å². The quantitative estimate of drug-likeness (QED) is 0.579. The van der Waals surface area contributed by atoms with Crippen molar-refractivity contribution in [2.45, 2.75) is 50.6 Å². The Balaban J connectivity index is 1.15. The molecule has 0 bridgehead atoms. The highest BCUT2D eigenvalue weighted by Gasteiger charge is 2.50. The molecule has 2 amide bonds. The lowest BCUT2D eigenvalue weighted by Crippen LogP contribution is -2.55. The third kappa shape index (κ3) is 4.04. The summed E-state index contributed by atoms with van der Waals surface area (Å²) in [4.78, 5) is 36.7. The lowest BCUT2D eigenvalue weighted by molar-refractivity contribution is -0.141. The summed E-state index contributed by atoms with van der Waals surface area (Å²) < 4.78 is 5.58. The van der Waals surface area contributed by atoms with Crippen LogP contribution in [0, 0.1) is 17.8 Å². The van der Waals surface area contributed by atoms with Gasteiger partial charge in [-0.3, -0.25) is 9.59 Å². The molecule has 3 N–H and O–H groups in total. The number of carboxylic acid groups (broad SMARTS) is 1. The van der Waals surface area contributed by atoms with E-state index in [9.17, 15) is 19.5 Å². The first-order valence-corrected chi connectivity index (χ1v) is 12.1. The number of carboxylic acids is 1. The number of hydrogen-bond donors (Lipinski definition) is 3. The minimum Gasteiger partial charge on any atom is -0.481 e. The summed E-state index contributed by atoms with van der Waals surface area (Å²) in [5, 5.41) is 15.0. The molecule has 0 spiro atoms. The fourth-order valence-corrected chi connectivity index (χ4v) is 6.01. The number of carbonyl (C=O) groups is 3. The van der Waals surface area contributed by atoms with Gasteiger partial charge in [-0.25, -0.2) is 4.79 Å². The molecule has 2 saturated carbocycles. The maximum Gasteiger partial charge on any atom is 0.407 e. The smallest absolute Gasteiger partial charge is 0.407 e. The van der Waals surface area contributed by atoms with Crippen molar-refractivity contribution in [1.29, 1.82) is 0 Å². The third-order valence-corrected chi connectivity index (χ3v) is 7.86. The number of alkyl carbamates (subject to hydrolysis) is 1. The minimum absolute atomic E-state index is 0.0137. The minimum atomic E-state index is -0.747. The van der Waals surface area contributed by atoms with E-state index in [0.717, 1.165) is 28.7 Å². The van der Waals surface area contributed by atoms with Crippen molar-refractivity contribution < 1.29 is 24.2 Å². The van der Waals surface area contributed by atoms with Gasteiger partial charge < -0.3 is 20.5 Å².